The zero-order valence-corrected chi connectivity index (χ0v) is 22.3. The zero-order valence-electron chi connectivity index (χ0n) is 21.5. The highest BCUT2D eigenvalue weighted by Gasteiger charge is 2.76. The number of rotatable bonds is 7. The second kappa shape index (κ2) is 9.30. The van der Waals surface area contributed by atoms with E-state index in [1.165, 1.54) is 6.08 Å². The van der Waals surface area contributed by atoms with E-state index < -0.39 is 63.4 Å². The van der Waals surface area contributed by atoms with Gasteiger partial charge in [-0.3, -0.25) is 14.4 Å². The number of hydrogen-bond donors (Lipinski definition) is 1. The topological polar surface area (TPSA) is 80.7 Å². The lowest BCUT2D eigenvalue weighted by atomic mass is 9.45. The van der Waals surface area contributed by atoms with Crippen molar-refractivity contribution in [1.82, 2.24) is 0 Å². The lowest BCUT2D eigenvalue weighted by molar-refractivity contribution is -0.202. The predicted molar refractivity (Wildman–Crippen MR) is 132 cm³/mol. The van der Waals surface area contributed by atoms with Crippen molar-refractivity contribution >= 4 is 29.1 Å². The van der Waals surface area contributed by atoms with Gasteiger partial charge in [0, 0.05) is 23.2 Å². The molecule has 0 radical (unpaired) electrons. The second-order valence-electron chi connectivity index (χ2n) is 11.7. The summed E-state index contributed by atoms with van der Waals surface area (Å²) in [6.07, 6.45) is 5.20. The maximum Gasteiger partial charge on any atom is 0.306 e. The van der Waals surface area contributed by atoms with Gasteiger partial charge in [-0.25, -0.2) is 8.78 Å². The number of ether oxygens (including phenoxy) is 1. The van der Waals surface area contributed by atoms with Crippen LogP contribution in [0.5, 0.6) is 0 Å². The normalized spacial score (nSPS) is 43.6. The van der Waals surface area contributed by atoms with Gasteiger partial charge in [0.25, 0.3) is 0 Å². The van der Waals surface area contributed by atoms with E-state index >= 15 is 0 Å². The molecule has 8 atom stereocenters. The Kier molecular flexibility index (Phi) is 7.09. The van der Waals surface area contributed by atoms with E-state index in [9.17, 15) is 28.3 Å². The van der Waals surface area contributed by atoms with Gasteiger partial charge >= 0.3 is 5.97 Å². The third-order valence-electron chi connectivity index (χ3n) is 10.1. The molecule has 36 heavy (non-hydrogen) atoms. The van der Waals surface area contributed by atoms with Crippen LogP contribution in [0, 0.1) is 28.6 Å². The molecule has 0 spiro atoms. The molecule has 4 rings (SSSR count). The average Bonchev–Trinajstić information content (AvgIpc) is 3.04. The third kappa shape index (κ3) is 3.44. The molecule has 0 aromatic carbocycles. The maximum absolute atomic E-state index is 15.0. The summed E-state index contributed by atoms with van der Waals surface area (Å²) in [7, 11) is 0. The Balaban J connectivity index is 1.78. The Morgan fingerprint density at radius 2 is 1.94 bits per heavy atom. The first-order valence-corrected chi connectivity index (χ1v) is 13.5. The van der Waals surface area contributed by atoms with E-state index in [1.54, 1.807) is 19.9 Å². The monoisotopic (exact) mass is 526 g/mol. The molecule has 1 unspecified atom stereocenters. The first-order chi connectivity index (χ1) is 16.8. The Hall–Kier alpha value is -1.60. The number of aliphatic hydroxyl groups excluding tert-OH is 1. The van der Waals surface area contributed by atoms with E-state index in [0.29, 0.717) is 24.8 Å². The number of hydrogen-bond acceptors (Lipinski definition) is 5. The van der Waals surface area contributed by atoms with Gasteiger partial charge in [-0.1, -0.05) is 46.6 Å². The number of allylic oxidation sites excluding steroid dienone is 4. The molecule has 0 amide bonds. The zero-order chi connectivity index (χ0) is 26.7. The fraction of sp³-hybridized carbons (Fsp3) is 0.750. The van der Waals surface area contributed by atoms with Crippen LogP contribution in [-0.2, 0) is 19.1 Å². The molecule has 4 aliphatic rings. The molecule has 0 bridgehead atoms. The molecule has 200 valence electrons. The molecule has 5 nitrogen and oxygen atoms in total. The summed E-state index contributed by atoms with van der Waals surface area (Å²) in [6.45, 7) is 6.10. The van der Waals surface area contributed by atoms with Gasteiger partial charge in [0.05, 0.1) is 11.0 Å². The first-order valence-electron chi connectivity index (χ1n) is 13.2. The molecule has 3 fully saturated rings. The number of unbranched alkanes of at least 4 members (excludes halogenated alkanes) is 2. The molecule has 0 heterocycles. The number of carbonyl (C=O) groups is 3. The van der Waals surface area contributed by atoms with Gasteiger partial charge in [-0.05, 0) is 55.6 Å². The van der Waals surface area contributed by atoms with Crippen molar-refractivity contribution in [2.75, 3.05) is 6.67 Å². The van der Waals surface area contributed by atoms with Crippen LogP contribution < -0.4 is 0 Å². The highest BCUT2D eigenvalue weighted by molar-refractivity contribution is 6.26. The number of aliphatic hydroxyl groups is 1. The smallest absolute Gasteiger partial charge is 0.306 e. The van der Waals surface area contributed by atoms with Crippen molar-refractivity contribution in [3.05, 3.63) is 23.6 Å². The van der Waals surface area contributed by atoms with E-state index in [4.69, 9.17) is 16.3 Å². The number of alkyl halides is 2. The molecule has 0 aliphatic heterocycles. The summed E-state index contributed by atoms with van der Waals surface area (Å²) < 4.78 is 35.0. The van der Waals surface area contributed by atoms with Crippen LogP contribution in [0.25, 0.3) is 0 Å². The second-order valence-corrected chi connectivity index (χ2v) is 12.3. The van der Waals surface area contributed by atoms with Gasteiger partial charge in [-0.15, -0.1) is 11.6 Å². The number of Topliss-reactive ketones (excluding diaryl/α,β-unsaturated/α-hetero) is 1. The van der Waals surface area contributed by atoms with Crippen LogP contribution in [0.4, 0.5) is 8.78 Å². The summed E-state index contributed by atoms with van der Waals surface area (Å²) >= 11 is 7.35. The summed E-state index contributed by atoms with van der Waals surface area (Å²) in [5, 5.41) is 11.7. The van der Waals surface area contributed by atoms with Crippen LogP contribution in [0.15, 0.2) is 23.6 Å². The summed E-state index contributed by atoms with van der Waals surface area (Å²) in [6, 6.07) is 0. The lowest BCUT2D eigenvalue weighted by Gasteiger charge is -2.64. The van der Waals surface area contributed by atoms with Crippen LogP contribution in [0.3, 0.4) is 0 Å². The Bertz CT molecular complexity index is 1030. The van der Waals surface area contributed by atoms with Gasteiger partial charge in [0.1, 0.15) is 0 Å². The number of halogens is 3. The number of fused-ring (bicyclic) bond motifs is 5. The van der Waals surface area contributed by atoms with Crippen molar-refractivity contribution in [1.29, 1.82) is 0 Å². The fourth-order valence-corrected chi connectivity index (χ4v) is 8.84. The minimum Gasteiger partial charge on any atom is -0.450 e. The Labute approximate surface area is 216 Å². The van der Waals surface area contributed by atoms with Crippen molar-refractivity contribution in [2.24, 2.45) is 28.6 Å². The molecule has 0 aromatic heterocycles. The van der Waals surface area contributed by atoms with Crippen LogP contribution in [-0.4, -0.2) is 45.9 Å². The van der Waals surface area contributed by atoms with Crippen LogP contribution in [0.1, 0.15) is 79.1 Å². The Morgan fingerprint density at radius 3 is 2.58 bits per heavy atom. The summed E-state index contributed by atoms with van der Waals surface area (Å²) in [5.41, 5.74) is -3.58. The van der Waals surface area contributed by atoms with E-state index in [0.717, 1.165) is 12.8 Å². The van der Waals surface area contributed by atoms with Crippen molar-refractivity contribution in [3.8, 4) is 0 Å². The van der Waals surface area contributed by atoms with Gasteiger partial charge < -0.3 is 9.84 Å². The van der Waals surface area contributed by atoms with Crippen molar-refractivity contribution < 1.29 is 33.0 Å². The van der Waals surface area contributed by atoms with E-state index in [-0.39, 0.29) is 31.1 Å². The predicted octanol–water partition coefficient (Wildman–Crippen LogP) is 5.57. The van der Waals surface area contributed by atoms with Crippen LogP contribution in [0.2, 0.25) is 0 Å². The molecule has 0 saturated heterocycles. The molecule has 4 aliphatic carbocycles. The minimum atomic E-state index is -1.71. The molecule has 0 aromatic rings. The van der Waals surface area contributed by atoms with E-state index in [2.05, 4.69) is 0 Å². The summed E-state index contributed by atoms with van der Waals surface area (Å²) in [4.78, 5) is 37.0. The first kappa shape index (κ1) is 27.4. The molecule has 3 saturated carbocycles. The molecule has 1 N–H and O–H groups in total. The van der Waals surface area contributed by atoms with Gasteiger partial charge in [0.15, 0.2) is 18.1 Å². The van der Waals surface area contributed by atoms with Crippen LogP contribution >= 0.6 is 11.6 Å². The lowest BCUT2D eigenvalue weighted by Crippen LogP contribution is -2.69. The Morgan fingerprint density at radius 1 is 1.25 bits per heavy atom. The number of ketones is 2. The SMILES string of the molecule is CCCCCC(=O)O[C@]1(C(=O)CF)C(C)C[C@H]2[C@@H]3CCC4=C(F)C(=O)C=C[C@]4(C)[C@@]3(Cl)[C@@H](O)C[C@@]21C. The van der Waals surface area contributed by atoms with Crippen molar-refractivity contribution in [2.45, 2.75) is 95.6 Å². The quantitative estimate of drug-likeness (QED) is 0.266. The highest BCUT2D eigenvalue weighted by atomic mass is 35.5. The standard InChI is InChI=1S/C28H37ClF2O5/c1-5-6-7-8-23(35)36-28(22(34)15-30)16(2)13-19-17-9-10-18-24(31)20(32)11-12-25(18,3)27(17,29)21(33)14-26(19,28)4/h11-12,16-17,19,21,33H,5-10,13-15H2,1-4H3/t16?,17-,19-,21-,25-,26-,27-,28-/m0/s1. The van der Waals surface area contributed by atoms with E-state index in [1.807, 2.05) is 13.8 Å². The van der Waals surface area contributed by atoms with Gasteiger partial charge in [0.2, 0.25) is 11.6 Å². The number of esters is 1. The van der Waals surface area contributed by atoms with Crippen molar-refractivity contribution in [3.63, 3.8) is 0 Å². The third-order valence-corrected chi connectivity index (χ3v) is 11.0. The summed E-state index contributed by atoms with van der Waals surface area (Å²) in [5.74, 6) is -3.97. The largest absolute Gasteiger partial charge is 0.450 e. The minimum absolute atomic E-state index is 0.0116. The average molecular weight is 527 g/mol. The highest BCUT2D eigenvalue weighted by Crippen LogP contribution is 2.72. The molecule has 8 heteroatoms. The maximum atomic E-state index is 15.0. The fourth-order valence-electron chi connectivity index (χ4n) is 8.33. The molecular formula is C28H37ClF2O5. The molecular weight excluding hydrogens is 490 g/mol. The number of carbonyl (C=O) groups excluding carboxylic acids is 3. The van der Waals surface area contributed by atoms with Gasteiger partial charge in [-0.2, -0.15) is 0 Å².